The fourth-order valence-electron chi connectivity index (χ4n) is 3.33. The van der Waals surface area contributed by atoms with E-state index < -0.39 is 5.41 Å². The Morgan fingerprint density at radius 1 is 1.45 bits per heavy atom. The summed E-state index contributed by atoms with van der Waals surface area (Å²) in [5, 5.41) is 0.694. The number of rotatable bonds is 5. The topological polar surface area (TPSA) is 48.0 Å². The summed E-state index contributed by atoms with van der Waals surface area (Å²) in [6.45, 7) is 3.96. The average Bonchev–Trinajstić information content (AvgIpc) is 3.06. The Morgan fingerprint density at radius 2 is 2.23 bits per heavy atom. The van der Waals surface area contributed by atoms with E-state index in [1.165, 1.54) is 7.11 Å². The first-order valence-corrected chi connectivity index (χ1v) is 7.79. The summed E-state index contributed by atoms with van der Waals surface area (Å²) in [7, 11) is 1.44. The molecule has 0 spiro atoms. The van der Waals surface area contributed by atoms with Crippen LogP contribution in [0.3, 0.4) is 0 Å². The van der Waals surface area contributed by atoms with Crippen LogP contribution in [0.2, 0.25) is 5.02 Å². The average molecular weight is 326 g/mol. The van der Waals surface area contributed by atoms with Gasteiger partial charge < -0.3 is 14.2 Å². The molecule has 6 heteroatoms. The van der Waals surface area contributed by atoms with Gasteiger partial charge in [0.15, 0.2) is 0 Å². The van der Waals surface area contributed by atoms with Crippen LogP contribution >= 0.6 is 11.6 Å². The lowest BCUT2D eigenvalue weighted by Crippen LogP contribution is -2.40. The SMILES string of the molecule is COC(=O)[C@@]12COC[C@@H]1CN(CCOc1ccc(Cl)cc1)C2. The lowest BCUT2D eigenvalue weighted by molar-refractivity contribution is -0.153. The highest BCUT2D eigenvalue weighted by atomic mass is 35.5. The van der Waals surface area contributed by atoms with Crippen LogP contribution in [-0.4, -0.2) is 57.4 Å². The molecule has 1 aromatic carbocycles. The van der Waals surface area contributed by atoms with Crippen LogP contribution in [0.15, 0.2) is 24.3 Å². The number of carbonyl (C=O) groups is 1. The third kappa shape index (κ3) is 2.93. The molecule has 0 aliphatic carbocycles. The molecule has 0 N–H and O–H groups in total. The van der Waals surface area contributed by atoms with Gasteiger partial charge in [0.05, 0.1) is 20.3 Å². The second-order valence-corrected chi connectivity index (χ2v) is 6.33. The van der Waals surface area contributed by atoms with Crippen molar-refractivity contribution in [3.05, 3.63) is 29.3 Å². The lowest BCUT2D eigenvalue weighted by Gasteiger charge is -2.24. The van der Waals surface area contributed by atoms with Gasteiger partial charge in [0, 0.05) is 30.6 Å². The van der Waals surface area contributed by atoms with Gasteiger partial charge in [-0.2, -0.15) is 0 Å². The molecule has 2 saturated heterocycles. The molecule has 0 aromatic heterocycles. The number of fused-ring (bicyclic) bond motifs is 1. The maximum Gasteiger partial charge on any atom is 0.315 e. The summed E-state index contributed by atoms with van der Waals surface area (Å²) in [6, 6.07) is 7.32. The van der Waals surface area contributed by atoms with E-state index in [9.17, 15) is 4.79 Å². The van der Waals surface area contributed by atoms with Gasteiger partial charge in [-0.15, -0.1) is 0 Å². The van der Waals surface area contributed by atoms with E-state index in [0.29, 0.717) is 31.4 Å². The first-order valence-electron chi connectivity index (χ1n) is 7.41. The van der Waals surface area contributed by atoms with Crippen LogP contribution in [0.1, 0.15) is 0 Å². The van der Waals surface area contributed by atoms with Gasteiger partial charge >= 0.3 is 5.97 Å². The van der Waals surface area contributed by atoms with Crippen molar-refractivity contribution in [3.8, 4) is 5.75 Å². The number of esters is 1. The zero-order valence-electron chi connectivity index (χ0n) is 12.6. The highest BCUT2D eigenvalue weighted by molar-refractivity contribution is 6.30. The largest absolute Gasteiger partial charge is 0.492 e. The minimum absolute atomic E-state index is 0.156. The van der Waals surface area contributed by atoms with E-state index in [4.69, 9.17) is 25.8 Å². The molecule has 2 aliphatic rings. The number of carbonyl (C=O) groups excluding carboxylic acids is 1. The third-order valence-corrected chi connectivity index (χ3v) is 4.78. The molecule has 0 radical (unpaired) electrons. The minimum Gasteiger partial charge on any atom is -0.492 e. The molecule has 2 aliphatic heterocycles. The van der Waals surface area contributed by atoms with Gasteiger partial charge in [-0.25, -0.2) is 0 Å². The van der Waals surface area contributed by atoms with Gasteiger partial charge in [0.2, 0.25) is 0 Å². The molecule has 5 nitrogen and oxygen atoms in total. The zero-order chi connectivity index (χ0) is 15.6. The van der Waals surface area contributed by atoms with Crippen molar-refractivity contribution in [2.45, 2.75) is 0 Å². The Labute approximate surface area is 135 Å². The van der Waals surface area contributed by atoms with Crippen molar-refractivity contribution in [3.63, 3.8) is 0 Å². The number of ether oxygens (including phenoxy) is 3. The summed E-state index contributed by atoms with van der Waals surface area (Å²) >= 11 is 5.84. The molecule has 2 heterocycles. The van der Waals surface area contributed by atoms with Crippen LogP contribution < -0.4 is 4.74 Å². The van der Waals surface area contributed by atoms with Crippen LogP contribution in [-0.2, 0) is 14.3 Å². The smallest absolute Gasteiger partial charge is 0.315 e. The van der Waals surface area contributed by atoms with E-state index in [1.54, 1.807) is 12.1 Å². The fourth-order valence-corrected chi connectivity index (χ4v) is 3.45. The van der Waals surface area contributed by atoms with E-state index >= 15 is 0 Å². The molecular formula is C16H20ClNO4. The Kier molecular flexibility index (Phi) is 4.57. The second-order valence-electron chi connectivity index (χ2n) is 5.90. The Hall–Kier alpha value is -1.30. The van der Waals surface area contributed by atoms with Crippen molar-refractivity contribution < 1.29 is 19.0 Å². The van der Waals surface area contributed by atoms with Gasteiger partial charge in [-0.05, 0) is 24.3 Å². The molecule has 0 unspecified atom stereocenters. The van der Waals surface area contributed by atoms with Crippen LogP contribution in [0, 0.1) is 11.3 Å². The number of methoxy groups -OCH3 is 1. The summed E-state index contributed by atoms with van der Waals surface area (Å²) in [5.41, 5.74) is -0.491. The second kappa shape index (κ2) is 6.44. The molecule has 2 fully saturated rings. The Morgan fingerprint density at radius 3 is 2.95 bits per heavy atom. The molecule has 2 atom stereocenters. The minimum atomic E-state index is -0.491. The Balaban J connectivity index is 1.52. The fraction of sp³-hybridized carbons (Fsp3) is 0.562. The standard InChI is InChI=1S/C16H20ClNO4/c1-20-15(19)16-10-18(8-12(16)9-21-11-16)6-7-22-14-4-2-13(17)3-5-14/h2-5,12H,6-11H2,1H3/t12-,16-/m0/s1. The van der Waals surface area contributed by atoms with Gasteiger partial charge in [-0.3, -0.25) is 9.69 Å². The van der Waals surface area contributed by atoms with E-state index in [0.717, 1.165) is 18.8 Å². The number of likely N-dealkylation sites (tertiary alicyclic amines) is 1. The van der Waals surface area contributed by atoms with Crippen molar-refractivity contribution in [1.29, 1.82) is 0 Å². The Bertz CT molecular complexity index is 535. The highest BCUT2D eigenvalue weighted by Crippen LogP contribution is 2.42. The lowest BCUT2D eigenvalue weighted by atomic mass is 9.81. The molecule has 0 saturated carbocycles. The maximum atomic E-state index is 12.1. The summed E-state index contributed by atoms with van der Waals surface area (Å²) in [4.78, 5) is 14.4. The number of nitrogens with zero attached hydrogens (tertiary/aromatic N) is 1. The van der Waals surface area contributed by atoms with Crippen molar-refractivity contribution in [2.24, 2.45) is 11.3 Å². The first kappa shape index (κ1) is 15.6. The van der Waals surface area contributed by atoms with Crippen molar-refractivity contribution in [1.82, 2.24) is 4.90 Å². The monoisotopic (exact) mass is 325 g/mol. The molecule has 120 valence electrons. The van der Waals surface area contributed by atoms with E-state index in [1.807, 2.05) is 12.1 Å². The highest BCUT2D eigenvalue weighted by Gasteiger charge is 2.56. The predicted octanol–water partition coefficient (Wildman–Crippen LogP) is 1.84. The van der Waals surface area contributed by atoms with Crippen LogP contribution in [0.4, 0.5) is 0 Å². The number of hydrogen-bond acceptors (Lipinski definition) is 5. The zero-order valence-corrected chi connectivity index (χ0v) is 13.3. The van der Waals surface area contributed by atoms with Crippen LogP contribution in [0.25, 0.3) is 0 Å². The van der Waals surface area contributed by atoms with Crippen molar-refractivity contribution in [2.75, 3.05) is 46.6 Å². The van der Waals surface area contributed by atoms with Crippen molar-refractivity contribution >= 4 is 17.6 Å². The van der Waals surface area contributed by atoms with E-state index in [-0.39, 0.29) is 11.9 Å². The molecule has 3 rings (SSSR count). The predicted molar refractivity (Wildman–Crippen MR) is 82.1 cm³/mol. The molecular weight excluding hydrogens is 306 g/mol. The maximum absolute atomic E-state index is 12.1. The molecule has 0 amide bonds. The van der Waals surface area contributed by atoms with Gasteiger partial charge in [0.1, 0.15) is 17.8 Å². The number of halogens is 1. The van der Waals surface area contributed by atoms with Gasteiger partial charge in [0.25, 0.3) is 0 Å². The molecule has 0 bridgehead atoms. The van der Waals surface area contributed by atoms with Gasteiger partial charge in [-0.1, -0.05) is 11.6 Å². The molecule has 22 heavy (non-hydrogen) atoms. The molecule has 1 aromatic rings. The number of benzene rings is 1. The van der Waals surface area contributed by atoms with Crippen LogP contribution in [0.5, 0.6) is 5.75 Å². The third-order valence-electron chi connectivity index (χ3n) is 4.53. The summed E-state index contributed by atoms with van der Waals surface area (Å²) in [5.74, 6) is 0.862. The van der Waals surface area contributed by atoms with E-state index in [2.05, 4.69) is 4.90 Å². The first-order chi connectivity index (χ1) is 10.6. The normalized spacial score (nSPS) is 27.6. The number of hydrogen-bond donors (Lipinski definition) is 0. The quantitative estimate of drug-likeness (QED) is 0.773. The summed E-state index contributed by atoms with van der Waals surface area (Å²) < 4.78 is 16.2. The summed E-state index contributed by atoms with van der Waals surface area (Å²) in [6.07, 6.45) is 0.